The third-order valence-corrected chi connectivity index (χ3v) is 2.53. The summed E-state index contributed by atoms with van der Waals surface area (Å²) in [7, 11) is 0. The van der Waals surface area contributed by atoms with Gasteiger partial charge in [0.15, 0.2) is 5.78 Å². The van der Waals surface area contributed by atoms with Crippen molar-refractivity contribution in [3.05, 3.63) is 35.1 Å². The number of benzene rings is 1. The molecular weight excluding hydrogens is 203 g/mol. The molecule has 0 saturated heterocycles. The zero-order valence-electron chi connectivity index (χ0n) is 10.4. The molecule has 1 aromatic carbocycles. The molecule has 1 rings (SSSR count). The molecule has 0 spiro atoms. The van der Waals surface area contributed by atoms with Crippen LogP contribution in [0.2, 0.25) is 0 Å². The molecule has 0 aliphatic heterocycles. The van der Waals surface area contributed by atoms with E-state index in [1.54, 1.807) is 12.1 Å². The second kappa shape index (κ2) is 4.77. The van der Waals surface area contributed by atoms with Crippen LogP contribution < -0.4 is 0 Å². The van der Waals surface area contributed by atoms with Gasteiger partial charge in [0.05, 0.1) is 5.56 Å². The first-order chi connectivity index (χ1) is 7.29. The van der Waals surface area contributed by atoms with Crippen molar-refractivity contribution >= 4 is 5.78 Å². The molecule has 0 unspecified atom stereocenters. The fraction of sp³-hybridized carbons (Fsp3) is 0.500. The van der Waals surface area contributed by atoms with Crippen LogP contribution in [0.4, 0.5) is 4.39 Å². The molecule has 0 heterocycles. The van der Waals surface area contributed by atoms with E-state index < -0.39 is 5.82 Å². The topological polar surface area (TPSA) is 17.1 Å². The zero-order valence-corrected chi connectivity index (χ0v) is 10.4. The van der Waals surface area contributed by atoms with Crippen LogP contribution in [0.15, 0.2) is 18.2 Å². The van der Waals surface area contributed by atoms with Gasteiger partial charge in [0.1, 0.15) is 5.82 Å². The maximum atomic E-state index is 13.5. The minimum absolute atomic E-state index is 0.104. The van der Waals surface area contributed by atoms with Gasteiger partial charge in [-0.1, -0.05) is 26.8 Å². The molecule has 0 aliphatic rings. The molecule has 0 radical (unpaired) electrons. The maximum absolute atomic E-state index is 13.5. The lowest BCUT2D eigenvalue weighted by molar-refractivity contribution is 0.0962. The Kier molecular flexibility index (Phi) is 3.84. The van der Waals surface area contributed by atoms with Crippen molar-refractivity contribution in [3.8, 4) is 0 Å². The van der Waals surface area contributed by atoms with E-state index in [0.717, 1.165) is 12.0 Å². The number of rotatable bonds is 3. The van der Waals surface area contributed by atoms with E-state index in [9.17, 15) is 9.18 Å². The molecule has 1 aromatic rings. The second-order valence-corrected chi connectivity index (χ2v) is 5.47. The summed E-state index contributed by atoms with van der Waals surface area (Å²) in [5, 5.41) is 0. The minimum atomic E-state index is -0.404. The minimum Gasteiger partial charge on any atom is -0.294 e. The van der Waals surface area contributed by atoms with Gasteiger partial charge in [0.25, 0.3) is 0 Å². The van der Waals surface area contributed by atoms with E-state index in [0.29, 0.717) is 6.42 Å². The molecule has 1 nitrogen and oxygen atoms in total. The third kappa shape index (κ3) is 3.76. The molecule has 0 N–H and O–H groups in total. The molecule has 0 fully saturated rings. The van der Waals surface area contributed by atoms with Gasteiger partial charge in [-0.05, 0) is 36.5 Å². The van der Waals surface area contributed by atoms with E-state index in [2.05, 4.69) is 20.8 Å². The number of Topliss-reactive ketones (excluding diaryl/α,β-unsaturated/α-hetero) is 1. The van der Waals surface area contributed by atoms with Gasteiger partial charge in [0, 0.05) is 6.42 Å². The van der Waals surface area contributed by atoms with E-state index in [1.807, 2.05) is 6.92 Å². The van der Waals surface area contributed by atoms with Crippen molar-refractivity contribution in [1.82, 2.24) is 0 Å². The van der Waals surface area contributed by atoms with Crippen molar-refractivity contribution < 1.29 is 9.18 Å². The van der Waals surface area contributed by atoms with Crippen LogP contribution in [0.5, 0.6) is 0 Å². The van der Waals surface area contributed by atoms with Crippen molar-refractivity contribution in [2.75, 3.05) is 0 Å². The molecule has 88 valence electrons. The molecule has 0 atom stereocenters. The SMILES string of the molecule is Cc1ccc(C(=O)CCC(C)(C)C)c(F)c1. The van der Waals surface area contributed by atoms with Crippen LogP contribution in [0.3, 0.4) is 0 Å². The highest BCUT2D eigenvalue weighted by molar-refractivity contribution is 5.96. The molecule has 16 heavy (non-hydrogen) atoms. The highest BCUT2D eigenvalue weighted by Crippen LogP contribution is 2.22. The average molecular weight is 222 g/mol. The van der Waals surface area contributed by atoms with E-state index >= 15 is 0 Å². The standard InChI is InChI=1S/C14H19FO/c1-10-5-6-11(12(15)9-10)13(16)7-8-14(2,3)4/h5-6,9H,7-8H2,1-4H3. The Bertz CT molecular complexity index is 388. The summed E-state index contributed by atoms with van der Waals surface area (Å²) >= 11 is 0. The first-order valence-corrected chi connectivity index (χ1v) is 5.59. The Morgan fingerprint density at radius 1 is 1.31 bits per heavy atom. The number of hydrogen-bond acceptors (Lipinski definition) is 1. The number of halogens is 1. The molecular formula is C14H19FO. The molecule has 2 heteroatoms. The number of carbonyl (C=O) groups is 1. The maximum Gasteiger partial charge on any atom is 0.165 e. The predicted molar refractivity (Wildman–Crippen MR) is 64.2 cm³/mol. The smallest absolute Gasteiger partial charge is 0.165 e. The van der Waals surface area contributed by atoms with Crippen molar-refractivity contribution in [2.24, 2.45) is 5.41 Å². The van der Waals surface area contributed by atoms with Gasteiger partial charge in [-0.3, -0.25) is 4.79 Å². The van der Waals surface area contributed by atoms with E-state index in [-0.39, 0.29) is 16.8 Å². The molecule has 0 aliphatic carbocycles. The summed E-state index contributed by atoms with van der Waals surface area (Å²) in [6.07, 6.45) is 1.18. The highest BCUT2D eigenvalue weighted by Gasteiger charge is 2.16. The lowest BCUT2D eigenvalue weighted by Gasteiger charge is -2.17. The van der Waals surface area contributed by atoms with Crippen molar-refractivity contribution in [2.45, 2.75) is 40.5 Å². The Balaban J connectivity index is 2.74. The van der Waals surface area contributed by atoms with Crippen LogP contribution >= 0.6 is 0 Å². The summed E-state index contributed by atoms with van der Waals surface area (Å²) in [4.78, 5) is 11.8. The highest BCUT2D eigenvalue weighted by atomic mass is 19.1. The van der Waals surface area contributed by atoms with Crippen molar-refractivity contribution in [1.29, 1.82) is 0 Å². The quantitative estimate of drug-likeness (QED) is 0.702. The predicted octanol–water partition coefficient (Wildman–Crippen LogP) is 4.14. The van der Waals surface area contributed by atoms with Crippen LogP contribution in [-0.4, -0.2) is 5.78 Å². The third-order valence-electron chi connectivity index (χ3n) is 2.53. The van der Waals surface area contributed by atoms with Crippen molar-refractivity contribution in [3.63, 3.8) is 0 Å². The largest absolute Gasteiger partial charge is 0.294 e. The normalized spacial score (nSPS) is 11.6. The molecule has 0 amide bonds. The molecule has 0 bridgehead atoms. The summed E-state index contributed by atoms with van der Waals surface area (Å²) in [5.41, 5.74) is 1.16. The molecule has 0 saturated carbocycles. The van der Waals surface area contributed by atoms with Gasteiger partial charge >= 0.3 is 0 Å². The van der Waals surface area contributed by atoms with Gasteiger partial charge in [-0.25, -0.2) is 4.39 Å². The first kappa shape index (κ1) is 12.9. The fourth-order valence-electron chi connectivity index (χ4n) is 1.47. The second-order valence-electron chi connectivity index (χ2n) is 5.47. The summed E-state index contributed by atoms with van der Waals surface area (Å²) in [6.45, 7) is 8.04. The van der Waals surface area contributed by atoms with Gasteiger partial charge in [-0.15, -0.1) is 0 Å². The van der Waals surface area contributed by atoms with Crippen LogP contribution in [0.25, 0.3) is 0 Å². The van der Waals surface area contributed by atoms with Gasteiger partial charge < -0.3 is 0 Å². The Labute approximate surface area is 96.7 Å². The zero-order chi connectivity index (χ0) is 12.3. The first-order valence-electron chi connectivity index (χ1n) is 5.59. The lowest BCUT2D eigenvalue weighted by Crippen LogP contribution is -2.10. The van der Waals surface area contributed by atoms with Gasteiger partial charge in [0.2, 0.25) is 0 Å². The van der Waals surface area contributed by atoms with Gasteiger partial charge in [-0.2, -0.15) is 0 Å². The summed E-state index contributed by atoms with van der Waals surface area (Å²) in [6, 6.07) is 4.76. The summed E-state index contributed by atoms with van der Waals surface area (Å²) < 4.78 is 13.5. The Morgan fingerprint density at radius 2 is 1.94 bits per heavy atom. The Morgan fingerprint density at radius 3 is 2.44 bits per heavy atom. The van der Waals surface area contributed by atoms with Crippen LogP contribution in [0.1, 0.15) is 49.5 Å². The monoisotopic (exact) mass is 222 g/mol. The number of hydrogen-bond donors (Lipinski definition) is 0. The number of ketones is 1. The Hall–Kier alpha value is -1.18. The average Bonchev–Trinajstić information content (AvgIpc) is 2.13. The number of carbonyl (C=O) groups excluding carboxylic acids is 1. The number of aryl methyl sites for hydroxylation is 1. The van der Waals surface area contributed by atoms with Crippen LogP contribution in [0, 0.1) is 18.2 Å². The van der Waals surface area contributed by atoms with Crippen LogP contribution in [-0.2, 0) is 0 Å². The van der Waals surface area contributed by atoms with E-state index in [4.69, 9.17) is 0 Å². The molecule has 0 aromatic heterocycles. The summed E-state index contributed by atoms with van der Waals surface area (Å²) in [5.74, 6) is -0.508. The lowest BCUT2D eigenvalue weighted by atomic mass is 9.88. The van der Waals surface area contributed by atoms with E-state index in [1.165, 1.54) is 6.07 Å². The fourth-order valence-corrected chi connectivity index (χ4v) is 1.47.